The molecule has 1 aromatic rings. The maximum atomic E-state index is 6.13. The molecule has 0 heterocycles. The predicted molar refractivity (Wildman–Crippen MR) is 89.7 cm³/mol. The molecule has 4 heteroatoms. The Balaban J connectivity index is 2.85. The molecule has 0 fully saturated rings. The first kappa shape index (κ1) is 16.7. The van der Waals surface area contributed by atoms with Crippen LogP contribution in [-0.4, -0.2) is 31.1 Å². The second-order valence-electron chi connectivity index (χ2n) is 5.79. The van der Waals surface area contributed by atoms with Crippen LogP contribution in [0.4, 0.5) is 5.69 Å². The molecule has 1 rings (SSSR count). The van der Waals surface area contributed by atoms with Gasteiger partial charge in [-0.25, -0.2) is 0 Å². The predicted octanol–water partition coefficient (Wildman–Crippen LogP) is 4.03. The van der Waals surface area contributed by atoms with Crippen LogP contribution in [0.25, 0.3) is 0 Å². The summed E-state index contributed by atoms with van der Waals surface area (Å²) in [6.45, 7) is 8.41. The third kappa shape index (κ3) is 6.07. The number of anilines is 1. The quantitative estimate of drug-likeness (QED) is 0.854. The highest BCUT2D eigenvalue weighted by Gasteiger charge is 2.12. The van der Waals surface area contributed by atoms with Crippen LogP contribution < -0.4 is 10.2 Å². The third-order valence-electron chi connectivity index (χ3n) is 2.89. The molecule has 0 spiro atoms. The maximum Gasteiger partial charge on any atom is 0.0410 e. The van der Waals surface area contributed by atoms with E-state index in [-0.39, 0.29) is 5.54 Å². The fourth-order valence-electron chi connectivity index (χ4n) is 1.78. The van der Waals surface area contributed by atoms with Crippen LogP contribution >= 0.6 is 23.4 Å². The van der Waals surface area contributed by atoms with Gasteiger partial charge in [-0.15, -0.1) is 0 Å². The highest BCUT2D eigenvalue weighted by molar-refractivity contribution is 7.98. The number of thioether (sulfide) groups is 1. The summed E-state index contributed by atoms with van der Waals surface area (Å²) >= 11 is 7.99. The standard InChI is InChI=1S/C15H25ClN2S/c1-15(2,3)17-11-12-10-13(16)6-7-14(12)18(4)8-9-19-5/h6-7,10,17H,8-9,11H2,1-5H3. The van der Waals surface area contributed by atoms with E-state index < -0.39 is 0 Å². The summed E-state index contributed by atoms with van der Waals surface area (Å²) in [5.41, 5.74) is 2.62. The van der Waals surface area contributed by atoms with Crippen LogP contribution in [0.1, 0.15) is 26.3 Å². The van der Waals surface area contributed by atoms with Gasteiger partial charge in [0.2, 0.25) is 0 Å². The summed E-state index contributed by atoms with van der Waals surface area (Å²) in [6.07, 6.45) is 2.14. The van der Waals surface area contributed by atoms with E-state index in [1.165, 1.54) is 11.3 Å². The third-order valence-corrected chi connectivity index (χ3v) is 3.72. The molecule has 108 valence electrons. The minimum atomic E-state index is 0.109. The van der Waals surface area contributed by atoms with E-state index in [0.717, 1.165) is 23.9 Å². The Morgan fingerprint density at radius 3 is 2.58 bits per heavy atom. The second-order valence-corrected chi connectivity index (χ2v) is 7.21. The van der Waals surface area contributed by atoms with Gasteiger partial charge in [-0.1, -0.05) is 11.6 Å². The van der Waals surface area contributed by atoms with E-state index in [0.29, 0.717) is 0 Å². The Morgan fingerprint density at radius 2 is 2.00 bits per heavy atom. The number of nitrogens with one attached hydrogen (secondary N) is 1. The molecule has 0 bridgehead atoms. The molecule has 0 aromatic heterocycles. The average Bonchev–Trinajstić information content (AvgIpc) is 2.32. The van der Waals surface area contributed by atoms with Gasteiger partial charge in [0.05, 0.1) is 0 Å². The molecule has 0 unspecified atom stereocenters. The zero-order valence-corrected chi connectivity index (χ0v) is 14.2. The lowest BCUT2D eigenvalue weighted by molar-refractivity contribution is 0.424. The van der Waals surface area contributed by atoms with Gasteiger partial charge in [-0.2, -0.15) is 11.8 Å². The van der Waals surface area contributed by atoms with E-state index in [1.54, 1.807) is 0 Å². The monoisotopic (exact) mass is 300 g/mol. The fraction of sp³-hybridized carbons (Fsp3) is 0.600. The van der Waals surface area contributed by atoms with E-state index >= 15 is 0 Å². The van der Waals surface area contributed by atoms with Gasteiger partial charge in [0.25, 0.3) is 0 Å². The van der Waals surface area contributed by atoms with Crippen molar-refractivity contribution in [3.05, 3.63) is 28.8 Å². The molecule has 0 saturated heterocycles. The summed E-state index contributed by atoms with van der Waals surface area (Å²) in [5.74, 6) is 1.13. The van der Waals surface area contributed by atoms with Gasteiger partial charge in [0, 0.05) is 42.1 Å². The zero-order valence-electron chi connectivity index (χ0n) is 12.6. The van der Waals surface area contributed by atoms with Crippen LogP contribution in [0, 0.1) is 0 Å². The van der Waals surface area contributed by atoms with Crippen LogP contribution in [-0.2, 0) is 6.54 Å². The summed E-state index contributed by atoms with van der Waals surface area (Å²) in [6, 6.07) is 6.14. The normalized spacial score (nSPS) is 11.7. The highest BCUT2D eigenvalue weighted by Crippen LogP contribution is 2.24. The lowest BCUT2D eigenvalue weighted by Gasteiger charge is -2.25. The van der Waals surface area contributed by atoms with Crippen molar-refractivity contribution in [1.82, 2.24) is 5.32 Å². The molecule has 1 aromatic carbocycles. The molecular weight excluding hydrogens is 276 g/mol. The Hall–Kier alpha value is -0.380. The van der Waals surface area contributed by atoms with E-state index in [2.05, 4.69) is 56.4 Å². The number of hydrogen-bond donors (Lipinski definition) is 1. The minimum absolute atomic E-state index is 0.109. The van der Waals surface area contributed by atoms with Crippen LogP contribution in [0.3, 0.4) is 0 Å². The Bertz CT molecular complexity index is 402. The van der Waals surface area contributed by atoms with Gasteiger partial charge in [0.15, 0.2) is 0 Å². The molecule has 19 heavy (non-hydrogen) atoms. The van der Waals surface area contributed by atoms with Crippen molar-refractivity contribution in [3.63, 3.8) is 0 Å². The fourth-order valence-corrected chi connectivity index (χ4v) is 2.43. The molecule has 0 aliphatic heterocycles. The van der Waals surface area contributed by atoms with E-state index in [1.807, 2.05) is 17.8 Å². The molecule has 0 aliphatic rings. The SMILES string of the molecule is CSCCN(C)c1ccc(Cl)cc1CNC(C)(C)C. The van der Waals surface area contributed by atoms with Gasteiger partial charge < -0.3 is 10.2 Å². The van der Waals surface area contributed by atoms with Gasteiger partial charge in [-0.3, -0.25) is 0 Å². The van der Waals surface area contributed by atoms with Crippen molar-refractivity contribution >= 4 is 29.1 Å². The zero-order chi connectivity index (χ0) is 14.5. The number of halogens is 1. The molecule has 0 amide bonds. The first-order valence-corrected chi connectivity index (χ1v) is 8.34. The van der Waals surface area contributed by atoms with Crippen molar-refractivity contribution < 1.29 is 0 Å². The lowest BCUT2D eigenvalue weighted by atomic mass is 10.1. The molecule has 0 aliphatic carbocycles. The van der Waals surface area contributed by atoms with Gasteiger partial charge in [0.1, 0.15) is 0 Å². The number of nitrogens with zero attached hydrogens (tertiary/aromatic N) is 1. The Labute approximate surface area is 126 Å². The number of benzene rings is 1. The van der Waals surface area contributed by atoms with Crippen LogP contribution in [0.2, 0.25) is 5.02 Å². The first-order valence-electron chi connectivity index (χ1n) is 6.57. The topological polar surface area (TPSA) is 15.3 Å². The number of hydrogen-bond acceptors (Lipinski definition) is 3. The van der Waals surface area contributed by atoms with Crippen molar-refractivity contribution in [3.8, 4) is 0 Å². The molecule has 0 saturated carbocycles. The summed E-state index contributed by atoms with van der Waals surface area (Å²) in [7, 11) is 2.14. The summed E-state index contributed by atoms with van der Waals surface area (Å²) < 4.78 is 0. The molecule has 0 atom stereocenters. The van der Waals surface area contributed by atoms with Gasteiger partial charge >= 0.3 is 0 Å². The summed E-state index contributed by atoms with van der Waals surface area (Å²) in [5, 5.41) is 4.33. The smallest absolute Gasteiger partial charge is 0.0410 e. The Morgan fingerprint density at radius 1 is 1.32 bits per heavy atom. The Kier molecular flexibility index (Phi) is 6.51. The highest BCUT2D eigenvalue weighted by atomic mass is 35.5. The minimum Gasteiger partial charge on any atom is -0.374 e. The van der Waals surface area contributed by atoms with E-state index in [9.17, 15) is 0 Å². The maximum absolute atomic E-state index is 6.13. The van der Waals surface area contributed by atoms with Gasteiger partial charge in [-0.05, 0) is 50.8 Å². The van der Waals surface area contributed by atoms with Crippen molar-refractivity contribution in [2.45, 2.75) is 32.9 Å². The van der Waals surface area contributed by atoms with E-state index in [4.69, 9.17) is 11.6 Å². The van der Waals surface area contributed by atoms with Crippen molar-refractivity contribution in [1.29, 1.82) is 0 Å². The first-order chi connectivity index (χ1) is 8.83. The molecular formula is C15H25ClN2S. The number of rotatable bonds is 6. The lowest BCUT2D eigenvalue weighted by Crippen LogP contribution is -2.35. The van der Waals surface area contributed by atoms with Crippen LogP contribution in [0.15, 0.2) is 18.2 Å². The largest absolute Gasteiger partial charge is 0.374 e. The molecule has 1 N–H and O–H groups in total. The molecule has 0 radical (unpaired) electrons. The molecule has 2 nitrogen and oxygen atoms in total. The van der Waals surface area contributed by atoms with Crippen LogP contribution in [0.5, 0.6) is 0 Å². The van der Waals surface area contributed by atoms with Crippen molar-refractivity contribution in [2.24, 2.45) is 0 Å². The second kappa shape index (κ2) is 7.41. The van der Waals surface area contributed by atoms with Crippen molar-refractivity contribution in [2.75, 3.05) is 30.5 Å². The summed E-state index contributed by atoms with van der Waals surface area (Å²) in [4.78, 5) is 2.30. The average molecular weight is 301 g/mol.